The zero-order chi connectivity index (χ0) is 12.7. The van der Waals surface area contributed by atoms with Gasteiger partial charge >= 0.3 is 0 Å². The van der Waals surface area contributed by atoms with Crippen molar-refractivity contribution < 1.29 is 14.9 Å². The van der Waals surface area contributed by atoms with E-state index in [9.17, 15) is 5.11 Å². The van der Waals surface area contributed by atoms with E-state index in [4.69, 9.17) is 9.84 Å². The number of para-hydroxylation sites is 1. The average Bonchev–Trinajstić information content (AvgIpc) is 2.93. The number of imidazole rings is 1. The second kappa shape index (κ2) is 4.35. The Balaban J connectivity index is 1.99. The number of hydrogen-bond donors (Lipinski definition) is 2. The Morgan fingerprint density at radius 3 is 3.06 bits per heavy atom. The van der Waals surface area contributed by atoms with Gasteiger partial charge in [0.05, 0.1) is 30.1 Å². The number of nitrogens with zero attached hydrogens (tertiary/aromatic N) is 2. The third-order valence-electron chi connectivity index (χ3n) is 3.50. The summed E-state index contributed by atoms with van der Waals surface area (Å²) in [6, 6.07) is 5.97. The Hall–Kier alpha value is -1.43. The number of aromatic nitrogens is 2. The van der Waals surface area contributed by atoms with Gasteiger partial charge in [-0.15, -0.1) is 0 Å². The predicted octanol–water partition coefficient (Wildman–Crippen LogP) is 0.985. The maximum Gasteiger partial charge on any atom is 0.138 e. The van der Waals surface area contributed by atoms with E-state index >= 15 is 0 Å². The van der Waals surface area contributed by atoms with E-state index in [0.717, 1.165) is 16.6 Å². The van der Waals surface area contributed by atoms with Crippen molar-refractivity contribution in [2.75, 3.05) is 6.61 Å². The van der Waals surface area contributed by atoms with Crippen molar-refractivity contribution in [3.8, 4) is 0 Å². The highest BCUT2D eigenvalue weighted by Gasteiger charge is 2.34. The number of fused-ring (bicyclic) bond motifs is 1. The first-order valence-electron chi connectivity index (χ1n) is 6.07. The van der Waals surface area contributed by atoms with Crippen molar-refractivity contribution in [3.05, 3.63) is 30.1 Å². The smallest absolute Gasteiger partial charge is 0.138 e. The van der Waals surface area contributed by atoms with Gasteiger partial charge < -0.3 is 19.5 Å². The molecule has 0 radical (unpaired) electrons. The van der Waals surface area contributed by atoms with E-state index in [2.05, 4.69) is 4.98 Å². The van der Waals surface area contributed by atoms with Gasteiger partial charge in [-0.2, -0.15) is 0 Å². The molecule has 1 aromatic heterocycles. The van der Waals surface area contributed by atoms with Crippen LogP contribution in [0.2, 0.25) is 0 Å². The topological polar surface area (TPSA) is 67.5 Å². The molecule has 3 rings (SSSR count). The third kappa shape index (κ3) is 1.71. The number of benzene rings is 1. The molecular weight excluding hydrogens is 232 g/mol. The first kappa shape index (κ1) is 11.6. The molecule has 1 aromatic carbocycles. The molecule has 1 aliphatic heterocycles. The van der Waals surface area contributed by atoms with Gasteiger partial charge in [0.25, 0.3) is 0 Å². The minimum Gasteiger partial charge on any atom is -0.394 e. The molecule has 0 aliphatic carbocycles. The van der Waals surface area contributed by atoms with E-state index in [1.165, 1.54) is 0 Å². The highest BCUT2D eigenvalue weighted by Crippen LogP contribution is 2.31. The van der Waals surface area contributed by atoms with Crippen LogP contribution in [0.25, 0.3) is 11.0 Å². The SMILES string of the molecule is Cc1cccc2c1ncn2C1CC(O)[C@@H](CO)O1. The zero-order valence-electron chi connectivity index (χ0n) is 10.2. The van der Waals surface area contributed by atoms with Crippen LogP contribution in [0.1, 0.15) is 18.2 Å². The summed E-state index contributed by atoms with van der Waals surface area (Å²) in [4.78, 5) is 4.38. The van der Waals surface area contributed by atoms with Crippen molar-refractivity contribution >= 4 is 11.0 Å². The number of rotatable bonds is 2. The largest absolute Gasteiger partial charge is 0.394 e. The number of aliphatic hydroxyl groups excluding tert-OH is 2. The lowest BCUT2D eigenvalue weighted by Crippen LogP contribution is -2.24. The normalized spacial score (nSPS) is 28.1. The second-order valence-electron chi connectivity index (χ2n) is 4.71. The van der Waals surface area contributed by atoms with E-state index in [1.54, 1.807) is 6.33 Å². The van der Waals surface area contributed by atoms with Crippen molar-refractivity contribution in [2.24, 2.45) is 0 Å². The van der Waals surface area contributed by atoms with Gasteiger partial charge in [0.2, 0.25) is 0 Å². The molecule has 1 saturated heterocycles. The maximum absolute atomic E-state index is 9.77. The summed E-state index contributed by atoms with van der Waals surface area (Å²) >= 11 is 0. The molecule has 2 heterocycles. The Bertz CT molecular complexity index is 566. The molecule has 1 fully saturated rings. The van der Waals surface area contributed by atoms with Crippen molar-refractivity contribution in [2.45, 2.75) is 31.8 Å². The lowest BCUT2D eigenvalue weighted by Gasteiger charge is -2.14. The summed E-state index contributed by atoms with van der Waals surface area (Å²) in [6.45, 7) is 1.85. The second-order valence-corrected chi connectivity index (χ2v) is 4.71. The quantitative estimate of drug-likeness (QED) is 0.831. The molecule has 3 atom stereocenters. The maximum atomic E-state index is 9.77. The molecule has 0 saturated carbocycles. The zero-order valence-corrected chi connectivity index (χ0v) is 10.2. The van der Waals surface area contributed by atoms with Crippen LogP contribution in [0.15, 0.2) is 24.5 Å². The molecule has 2 unspecified atom stereocenters. The number of aliphatic hydroxyl groups is 2. The van der Waals surface area contributed by atoms with Crippen LogP contribution < -0.4 is 0 Å². The van der Waals surface area contributed by atoms with Crippen LogP contribution in [-0.4, -0.2) is 38.6 Å². The third-order valence-corrected chi connectivity index (χ3v) is 3.50. The highest BCUT2D eigenvalue weighted by molar-refractivity contribution is 5.78. The fourth-order valence-corrected chi connectivity index (χ4v) is 2.48. The average molecular weight is 248 g/mol. The van der Waals surface area contributed by atoms with Crippen LogP contribution in [0.3, 0.4) is 0 Å². The minimum absolute atomic E-state index is 0.163. The molecule has 1 aliphatic rings. The molecule has 0 spiro atoms. The minimum atomic E-state index is -0.623. The monoisotopic (exact) mass is 248 g/mol. The number of aryl methyl sites for hydroxylation is 1. The molecule has 2 N–H and O–H groups in total. The predicted molar refractivity (Wildman–Crippen MR) is 66.1 cm³/mol. The number of hydrogen-bond acceptors (Lipinski definition) is 4. The summed E-state index contributed by atoms with van der Waals surface area (Å²) in [6.07, 6.45) is 0.822. The van der Waals surface area contributed by atoms with Crippen molar-refractivity contribution in [3.63, 3.8) is 0 Å². The molecule has 96 valence electrons. The fourth-order valence-electron chi connectivity index (χ4n) is 2.48. The van der Waals surface area contributed by atoms with Crippen molar-refractivity contribution in [1.29, 1.82) is 0 Å². The van der Waals surface area contributed by atoms with Gasteiger partial charge in [-0.3, -0.25) is 0 Å². The molecule has 0 bridgehead atoms. The van der Waals surface area contributed by atoms with Crippen LogP contribution in [-0.2, 0) is 4.74 Å². The summed E-state index contributed by atoms with van der Waals surface area (Å²) < 4.78 is 7.56. The molecule has 0 amide bonds. The van der Waals surface area contributed by atoms with E-state index in [-0.39, 0.29) is 12.8 Å². The van der Waals surface area contributed by atoms with E-state index in [1.807, 2.05) is 29.7 Å². The van der Waals surface area contributed by atoms with Gasteiger partial charge in [-0.1, -0.05) is 12.1 Å². The van der Waals surface area contributed by atoms with Gasteiger partial charge in [-0.25, -0.2) is 4.98 Å². The highest BCUT2D eigenvalue weighted by atomic mass is 16.5. The molecule has 2 aromatic rings. The van der Waals surface area contributed by atoms with E-state index < -0.39 is 12.2 Å². The Morgan fingerprint density at radius 2 is 2.33 bits per heavy atom. The van der Waals surface area contributed by atoms with Crippen LogP contribution >= 0.6 is 0 Å². The summed E-state index contributed by atoms with van der Waals surface area (Å²) in [5.41, 5.74) is 3.05. The Labute approximate surface area is 105 Å². The number of ether oxygens (including phenoxy) is 1. The van der Waals surface area contributed by atoms with Crippen LogP contribution in [0.4, 0.5) is 0 Å². The summed E-state index contributed by atoms with van der Waals surface area (Å²) in [7, 11) is 0. The van der Waals surface area contributed by atoms with Gasteiger partial charge in [-0.05, 0) is 18.6 Å². The van der Waals surface area contributed by atoms with Gasteiger partial charge in [0.1, 0.15) is 12.3 Å². The Kier molecular flexibility index (Phi) is 2.81. The first-order chi connectivity index (χ1) is 8.70. The molecule has 5 nitrogen and oxygen atoms in total. The summed E-state index contributed by atoms with van der Waals surface area (Å²) in [5, 5.41) is 18.9. The molecule has 5 heteroatoms. The molecule has 18 heavy (non-hydrogen) atoms. The van der Waals surface area contributed by atoms with E-state index in [0.29, 0.717) is 6.42 Å². The lowest BCUT2D eigenvalue weighted by molar-refractivity contribution is -0.0430. The standard InChI is InChI=1S/C13H16N2O3/c1-8-3-2-4-9-13(8)14-7-15(9)12-5-10(17)11(6-16)18-12/h2-4,7,10-12,16-17H,5-6H2,1H3/t10?,11-,12?/m1/s1. The summed E-state index contributed by atoms with van der Waals surface area (Å²) in [5.74, 6) is 0. The lowest BCUT2D eigenvalue weighted by atomic mass is 10.2. The van der Waals surface area contributed by atoms with Crippen LogP contribution in [0, 0.1) is 6.92 Å². The fraction of sp³-hybridized carbons (Fsp3) is 0.462. The molecular formula is C13H16N2O3. The van der Waals surface area contributed by atoms with Crippen molar-refractivity contribution in [1.82, 2.24) is 9.55 Å². The van der Waals surface area contributed by atoms with Gasteiger partial charge in [0, 0.05) is 6.42 Å². The Morgan fingerprint density at radius 1 is 1.50 bits per heavy atom. The van der Waals surface area contributed by atoms with Crippen LogP contribution in [0.5, 0.6) is 0 Å². The van der Waals surface area contributed by atoms with Gasteiger partial charge in [0.15, 0.2) is 0 Å². The first-order valence-corrected chi connectivity index (χ1v) is 6.07.